The van der Waals surface area contributed by atoms with E-state index in [2.05, 4.69) is 25.9 Å². The number of hydrogen-bond donors (Lipinski definition) is 9. The quantitative estimate of drug-likeness (QED) is 0.0391. The zero-order valence-electron chi connectivity index (χ0n) is 28.7. The number of primary amides is 1. The Morgan fingerprint density at radius 3 is 2.06 bits per heavy atom. The topological polar surface area (TPSA) is 257 Å². The third kappa shape index (κ3) is 11.7. The van der Waals surface area contributed by atoms with Crippen molar-refractivity contribution < 1.29 is 24.3 Å². The number of guanidine groups is 1. The molecule has 3 atom stereocenters. The number of amides is 4. The van der Waals surface area contributed by atoms with Crippen LogP contribution in [0.4, 0.5) is 0 Å². The Morgan fingerprint density at radius 2 is 1.42 bits per heavy atom. The van der Waals surface area contributed by atoms with Crippen molar-refractivity contribution in [3.8, 4) is 16.9 Å². The van der Waals surface area contributed by atoms with Crippen LogP contribution in [-0.2, 0) is 32.0 Å². The Morgan fingerprint density at radius 1 is 0.788 bits per heavy atom. The second kappa shape index (κ2) is 19.1. The lowest BCUT2D eigenvalue weighted by Crippen LogP contribution is -2.57. The minimum atomic E-state index is -1.16. The van der Waals surface area contributed by atoms with Crippen molar-refractivity contribution in [1.29, 1.82) is 0 Å². The van der Waals surface area contributed by atoms with Crippen LogP contribution in [0.5, 0.6) is 5.75 Å². The molecular weight excluding hydrogens is 686 g/mol. The number of unbranched alkanes of at least 4 members (excludes halogenated alkanes) is 1. The van der Waals surface area contributed by atoms with Crippen molar-refractivity contribution in [3.05, 3.63) is 89.1 Å². The van der Waals surface area contributed by atoms with E-state index in [9.17, 15) is 24.3 Å². The van der Waals surface area contributed by atoms with Crippen molar-refractivity contribution in [2.24, 2.45) is 27.9 Å². The van der Waals surface area contributed by atoms with Crippen LogP contribution in [0.1, 0.15) is 43.2 Å². The molecular formula is C37H46ClN9O5. The van der Waals surface area contributed by atoms with Gasteiger partial charge in [0.15, 0.2) is 5.96 Å². The minimum absolute atomic E-state index is 0.0420. The molecule has 15 heteroatoms. The van der Waals surface area contributed by atoms with Gasteiger partial charge in [0.2, 0.25) is 23.6 Å². The number of aromatic hydroxyl groups is 1. The van der Waals surface area contributed by atoms with Gasteiger partial charge in [-0.15, -0.1) is 0 Å². The average molecular weight is 732 g/mol. The van der Waals surface area contributed by atoms with Crippen LogP contribution in [0.2, 0.25) is 5.02 Å². The van der Waals surface area contributed by atoms with Crippen LogP contribution in [0.15, 0.2) is 77.9 Å². The Balaban J connectivity index is 1.59. The first-order chi connectivity index (χ1) is 24.9. The highest BCUT2D eigenvalue weighted by atomic mass is 35.5. The molecule has 4 rings (SSSR count). The number of benzene rings is 3. The molecule has 0 spiro atoms. The van der Waals surface area contributed by atoms with Crippen LogP contribution in [0.25, 0.3) is 22.0 Å². The van der Waals surface area contributed by atoms with Crippen LogP contribution in [-0.4, -0.2) is 70.9 Å². The summed E-state index contributed by atoms with van der Waals surface area (Å²) in [5, 5.41) is 19.7. The molecule has 0 fully saturated rings. The van der Waals surface area contributed by atoms with Gasteiger partial charge in [0.1, 0.15) is 23.9 Å². The Kier molecular flexibility index (Phi) is 14.4. The van der Waals surface area contributed by atoms with Gasteiger partial charge in [-0.05, 0) is 84.8 Å². The molecule has 4 aromatic rings. The molecule has 1 aromatic heterocycles. The number of rotatable bonds is 19. The molecule has 276 valence electrons. The highest BCUT2D eigenvalue weighted by Crippen LogP contribution is 2.25. The van der Waals surface area contributed by atoms with Crippen molar-refractivity contribution in [1.82, 2.24) is 20.9 Å². The minimum Gasteiger partial charge on any atom is -0.508 e. The highest BCUT2D eigenvalue weighted by molar-refractivity contribution is 6.30. The number of halogens is 1. The molecule has 0 aliphatic carbocycles. The van der Waals surface area contributed by atoms with Gasteiger partial charge in [0.05, 0.1) is 0 Å². The third-order valence-corrected chi connectivity index (χ3v) is 8.75. The summed E-state index contributed by atoms with van der Waals surface area (Å²) in [6.07, 6.45) is 3.59. The summed E-state index contributed by atoms with van der Waals surface area (Å²) < 4.78 is 0. The van der Waals surface area contributed by atoms with Gasteiger partial charge in [0.25, 0.3) is 0 Å². The van der Waals surface area contributed by atoms with Crippen LogP contribution in [0.3, 0.4) is 0 Å². The molecule has 52 heavy (non-hydrogen) atoms. The average Bonchev–Trinajstić information content (AvgIpc) is 3.51. The molecule has 0 aliphatic rings. The van der Waals surface area contributed by atoms with Crippen LogP contribution >= 0.6 is 11.6 Å². The highest BCUT2D eigenvalue weighted by Gasteiger charge is 2.30. The Hall–Kier alpha value is -5.60. The number of H-pyrrole nitrogens is 1. The van der Waals surface area contributed by atoms with Gasteiger partial charge < -0.3 is 49.0 Å². The zero-order chi connectivity index (χ0) is 37.6. The SMILES string of the molecule is NCCCC(=O)N[C@@H](Cc1c[nH]c2ccc(O)cc12)C(=O)N[C@@H](Cc1ccc(-c2ccc(Cl)cc2)cc1)C(=O)N[C@@H](CCCCN=C(N)N)C(N)=O. The standard InChI is InChI=1S/C37H46ClN9O5/c38-26-12-10-24(11-13-26)23-8-6-22(7-9-23)18-31(35(51)46-30(34(40)50)4-1-2-17-43-37(41)42)47-36(52)32(45-33(49)5-3-16-39)19-25-21-44-29-15-14-27(48)20-28(25)29/h6-15,20-21,30-32,44,48H,1-5,16-19,39H2,(H2,40,50)(H,45,49)(H,46,51)(H,47,52)(H4,41,42,43)/t30-,31-,32-/m0/s1. The van der Waals surface area contributed by atoms with Gasteiger partial charge in [-0.1, -0.05) is 48.0 Å². The van der Waals surface area contributed by atoms with E-state index >= 15 is 0 Å². The van der Waals surface area contributed by atoms with Crippen molar-refractivity contribution in [3.63, 3.8) is 0 Å². The van der Waals surface area contributed by atoms with E-state index in [1.807, 2.05) is 36.4 Å². The van der Waals surface area contributed by atoms with E-state index in [0.29, 0.717) is 48.3 Å². The first-order valence-corrected chi connectivity index (χ1v) is 17.4. The molecule has 0 unspecified atom stereocenters. The fourth-order valence-electron chi connectivity index (χ4n) is 5.71. The number of nitrogens with one attached hydrogen (secondary N) is 4. The second-order valence-electron chi connectivity index (χ2n) is 12.5. The monoisotopic (exact) mass is 731 g/mol. The van der Waals surface area contributed by atoms with Crippen molar-refractivity contribution in [2.45, 2.75) is 63.1 Å². The molecule has 0 saturated heterocycles. The first kappa shape index (κ1) is 39.2. The molecule has 3 aromatic carbocycles. The number of hydrogen-bond acceptors (Lipinski definition) is 7. The van der Waals surface area contributed by atoms with E-state index in [4.69, 9.17) is 34.5 Å². The lowest BCUT2D eigenvalue weighted by molar-refractivity contribution is -0.133. The molecule has 14 nitrogen and oxygen atoms in total. The van der Waals surface area contributed by atoms with Gasteiger partial charge >= 0.3 is 0 Å². The fraction of sp³-hybridized carbons (Fsp3) is 0.324. The maximum atomic E-state index is 14.0. The predicted octanol–water partition coefficient (Wildman–Crippen LogP) is 2.10. The molecule has 0 bridgehead atoms. The second-order valence-corrected chi connectivity index (χ2v) is 12.9. The Bertz CT molecular complexity index is 1860. The lowest BCUT2D eigenvalue weighted by Gasteiger charge is -2.25. The molecule has 4 amide bonds. The molecule has 1 heterocycles. The van der Waals surface area contributed by atoms with Crippen molar-refractivity contribution in [2.75, 3.05) is 13.1 Å². The molecule has 0 radical (unpaired) electrons. The largest absolute Gasteiger partial charge is 0.508 e. The zero-order valence-corrected chi connectivity index (χ0v) is 29.5. The summed E-state index contributed by atoms with van der Waals surface area (Å²) >= 11 is 6.05. The number of carbonyl (C=O) groups excluding carboxylic acids is 4. The molecule has 0 aliphatic heterocycles. The number of phenolic OH excluding ortho intramolecular Hbond substituents is 1. The summed E-state index contributed by atoms with van der Waals surface area (Å²) in [5.41, 5.74) is 26.0. The number of aliphatic imine (C=N–C) groups is 1. The summed E-state index contributed by atoms with van der Waals surface area (Å²) in [7, 11) is 0. The van der Waals surface area contributed by atoms with E-state index in [0.717, 1.165) is 22.2 Å². The third-order valence-electron chi connectivity index (χ3n) is 8.49. The van der Waals surface area contributed by atoms with E-state index in [1.54, 1.807) is 30.5 Å². The van der Waals surface area contributed by atoms with Crippen LogP contribution in [0, 0.1) is 0 Å². The predicted molar refractivity (Wildman–Crippen MR) is 202 cm³/mol. The summed E-state index contributed by atoms with van der Waals surface area (Å²) in [6, 6.07) is 16.4. The number of fused-ring (bicyclic) bond motifs is 1. The van der Waals surface area contributed by atoms with E-state index in [-0.39, 0.29) is 43.3 Å². The van der Waals surface area contributed by atoms with Gasteiger partial charge in [-0.25, -0.2) is 0 Å². The number of nitrogens with zero attached hydrogens (tertiary/aromatic N) is 1. The molecule has 13 N–H and O–H groups in total. The normalized spacial score (nSPS) is 12.7. The van der Waals surface area contributed by atoms with Gasteiger partial charge in [-0.2, -0.15) is 0 Å². The summed E-state index contributed by atoms with van der Waals surface area (Å²) in [6.45, 7) is 0.640. The lowest BCUT2D eigenvalue weighted by atomic mass is 9.99. The summed E-state index contributed by atoms with van der Waals surface area (Å²) in [4.78, 5) is 60.3. The molecule has 0 saturated carbocycles. The van der Waals surface area contributed by atoms with Crippen LogP contribution < -0.4 is 38.9 Å². The Labute approximate surface area is 306 Å². The van der Waals surface area contributed by atoms with E-state index in [1.165, 1.54) is 6.07 Å². The first-order valence-electron chi connectivity index (χ1n) is 17.0. The maximum absolute atomic E-state index is 14.0. The number of aromatic amines is 1. The smallest absolute Gasteiger partial charge is 0.243 e. The number of aromatic nitrogens is 1. The number of phenols is 1. The number of nitrogens with two attached hydrogens (primary N) is 4. The van der Waals surface area contributed by atoms with E-state index < -0.39 is 35.8 Å². The maximum Gasteiger partial charge on any atom is 0.243 e. The number of carbonyl (C=O) groups is 4. The van der Waals surface area contributed by atoms with Gasteiger partial charge in [0, 0.05) is 47.9 Å². The summed E-state index contributed by atoms with van der Waals surface area (Å²) in [5.74, 6) is -2.38. The van der Waals surface area contributed by atoms with Gasteiger partial charge in [-0.3, -0.25) is 24.2 Å². The van der Waals surface area contributed by atoms with Crippen molar-refractivity contribution >= 4 is 52.1 Å². The fourth-order valence-corrected chi connectivity index (χ4v) is 5.84.